The standard InChI is InChI=1S/C49H96NO12P/c1-3-5-7-9-11-13-15-17-19-20-21-22-23-25-27-29-31-33-35-37-42(52)41(39-61-63(59,60)62-49-47(57)45(55)44(54)46(56)48(49)58)50-43(53)38-40(51)36-34-32-30-28-26-24-18-16-14-12-10-8-6-4-2/h24,26,40-42,44-49,51-52,54-58H,3-23,25,27-39H2,1-2H3,(H,50,53)(H,59,60)/b26-24-. The predicted molar refractivity (Wildman–Crippen MR) is 252 cm³/mol. The van der Waals surface area contributed by atoms with Crippen LogP contribution in [0.5, 0.6) is 0 Å². The summed E-state index contributed by atoms with van der Waals surface area (Å²) in [4.78, 5) is 23.5. The molecule has 9 N–H and O–H groups in total. The lowest BCUT2D eigenvalue weighted by atomic mass is 9.85. The predicted octanol–water partition coefficient (Wildman–Crippen LogP) is 9.37. The maximum atomic E-state index is 13.0. The zero-order valence-electron chi connectivity index (χ0n) is 39.8. The van der Waals surface area contributed by atoms with Crippen LogP contribution in [0.2, 0.25) is 0 Å². The highest BCUT2D eigenvalue weighted by atomic mass is 31.2. The average molecular weight is 922 g/mol. The van der Waals surface area contributed by atoms with Gasteiger partial charge in [-0.1, -0.05) is 199 Å². The van der Waals surface area contributed by atoms with Crippen LogP contribution < -0.4 is 5.32 Å². The van der Waals surface area contributed by atoms with E-state index in [9.17, 15) is 50.0 Å². The first kappa shape index (κ1) is 60.1. The minimum absolute atomic E-state index is 0.229. The van der Waals surface area contributed by atoms with Crippen LogP contribution in [0.25, 0.3) is 0 Å². The second-order valence-electron chi connectivity index (χ2n) is 18.6. The number of nitrogens with one attached hydrogen (secondary N) is 1. The number of unbranched alkanes of at least 4 members (excludes halogenated alkanes) is 28. The molecule has 63 heavy (non-hydrogen) atoms. The number of phosphoric ester groups is 1. The van der Waals surface area contributed by atoms with Gasteiger partial charge >= 0.3 is 7.82 Å². The largest absolute Gasteiger partial charge is 0.472 e. The van der Waals surface area contributed by atoms with E-state index in [1.54, 1.807) is 0 Å². The third-order valence-corrected chi connectivity index (χ3v) is 13.6. The first-order valence-corrected chi connectivity index (χ1v) is 27.2. The molecule has 13 nitrogen and oxygen atoms in total. The maximum absolute atomic E-state index is 13.0. The smallest absolute Gasteiger partial charge is 0.393 e. The number of amides is 1. The first-order chi connectivity index (χ1) is 30.3. The summed E-state index contributed by atoms with van der Waals surface area (Å²) >= 11 is 0. The minimum atomic E-state index is -5.12. The fourth-order valence-electron chi connectivity index (χ4n) is 8.42. The number of hydrogen-bond donors (Lipinski definition) is 9. The number of phosphoric acid groups is 1. The molecule has 1 rings (SSSR count). The van der Waals surface area contributed by atoms with Crippen molar-refractivity contribution in [3.05, 3.63) is 12.2 Å². The van der Waals surface area contributed by atoms with Crippen LogP contribution in [-0.4, -0.2) is 108 Å². The molecule has 374 valence electrons. The SMILES string of the molecule is CCCCCCCCC/C=C\CCCCCC(O)CC(=O)NC(COP(=O)(O)OC1C(O)C(O)C(O)C(O)C1O)C(O)CCCCCCCCCCCCCCCCCCCCC. The van der Waals surface area contributed by atoms with Gasteiger partial charge in [-0.25, -0.2) is 4.57 Å². The molecule has 8 atom stereocenters. The number of rotatable bonds is 43. The molecule has 0 aromatic rings. The molecule has 1 saturated carbocycles. The Bertz CT molecular complexity index is 1130. The molecular formula is C49H96NO12P. The molecule has 1 fully saturated rings. The Morgan fingerprint density at radius 2 is 0.889 bits per heavy atom. The Hall–Kier alpha value is -0.960. The highest BCUT2D eigenvalue weighted by Crippen LogP contribution is 2.47. The van der Waals surface area contributed by atoms with Crippen LogP contribution >= 0.6 is 7.82 Å². The maximum Gasteiger partial charge on any atom is 0.472 e. The zero-order chi connectivity index (χ0) is 46.6. The molecule has 0 bridgehead atoms. The summed E-state index contributed by atoms with van der Waals surface area (Å²) < 4.78 is 23.0. The third-order valence-electron chi connectivity index (χ3n) is 12.6. The summed E-state index contributed by atoms with van der Waals surface area (Å²) in [7, 11) is -5.12. The quantitative estimate of drug-likeness (QED) is 0.0158. The van der Waals surface area contributed by atoms with Crippen LogP contribution in [0.3, 0.4) is 0 Å². The minimum Gasteiger partial charge on any atom is -0.393 e. The van der Waals surface area contributed by atoms with E-state index in [-0.39, 0.29) is 12.8 Å². The Kier molecular flexibility index (Phi) is 37.3. The van der Waals surface area contributed by atoms with Gasteiger partial charge in [0.2, 0.25) is 5.91 Å². The van der Waals surface area contributed by atoms with Crippen LogP contribution in [-0.2, 0) is 18.4 Å². The van der Waals surface area contributed by atoms with E-state index in [1.807, 2.05) is 0 Å². The van der Waals surface area contributed by atoms with E-state index in [1.165, 1.54) is 135 Å². The number of aliphatic hydroxyl groups excluding tert-OH is 7. The Morgan fingerprint density at radius 1 is 0.540 bits per heavy atom. The monoisotopic (exact) mass is 922 g/mol. The Morgan fingerprint density at radius 3 is 1.32 bits per heavy atom. The van der Waals surface area contributed by atoms with Crippen molar-refractivity contribution in [2.75, 3.05) is 6.61 Å². The van der Waals surface area contributed by atoms with E-state index in [0.717, 1.165) is 57.8 Å². The summed E-state index contributed by atoms with van der Waals surface area (Å²) in [6.07, 6.45) is 28.2. The van der Waals surface area contributed by atoms with Crippen molar-refractivity contribution in [1.29, 1.82) is 0 Å². The molecule has 0 radical (unpaired) electrons. The average Bonchev–Trinajstić information content (AvgIpc) is 3.26. The number of carbonyl (C=O) groups is 1. The van der Waals surface area contributed by atoms with Crippen molar-refractivity contribution in [3.8, 4) is 0 Å². The summed E-state index contributed by atoms with van der Waals surface area (Å²) in [5, 5.41) is 74.8. The van der Waals surface area contributed by atoms with Crippen molar-refractivity contribution in [2.24, 2.45) is 0 Å². The van der Waals surface area contributed by atoms with Crippen LogP contribution in [0.4, 0.5) is 0 Å². The van der Waals surface area contributed by atoms with Crippen molar-refractivity contribution in [1.82, 2.24) is 5.32 Å². The summed E-state index contributed by atoms with van der Waals surface area (Å²) in [6.45, 7) is 3.80. The van der Waals surface area contributed by atoms with Gasteiger partial charge in [-0.05, 0) is 38.5 Å². The third kappa shape index (κ3) is 30.9. The zero-order valence-corrected chi connectivity index (χ0v) is 40.7. The van der Waals surface area contributed by atoms with Gasteiger partial charge in [0.05, 0.1) is 31.3 Å². The van der Waals surface area contributed by atoms with Gasteiger partial charge in [0.15, 0.2) is 0 Å². The van der Waals surface area contributed by atoms with Crippen molar-refractivity contribution in [3.63, 3.8) is 0 Å². The number of aliphatic hydroxyl groups is 7. The van der Waals surface area contributed by atoms with Crippen molar-refractivity contribution >= 4 is 13.7 Å². The van der Waals surface area contributed by atoms with Gasteiger partial charge in [0.25, 0.3) is 0 Å². The molecular weight excluding hydrogens is 826 g/mol. The molecule has 0 aromatic carbocycles. The van der Waals surface area contributed by atoms with Gasteiger partial charge in [0.1, 0.15) is 36.6 Å². The lowest BCUT2D eigenvalue weighted by molar-refractivity contribution is -0.220. The number of hydrogen-bond acceptors (Lipinski definition) is 11. The molecule has 8 unspecified atom stereocenters. The highest BCUT2D eigenvalue weighted by molar-refractivity contribution is 7.47. The molecule has 1 amide bonds. The molecule has 0 spiro atoms. The first-order valence-electron chi connectivity index (χ1n) is 25.7. The van der Waals surface area contributed by atoms with E-state index in [0.29, 0.717) is 12.8 Å². The van der Waals surface area contributed by atoms with Gasteiger partial charge in [-0.2, -0.15) is 0 Å². The van der Waals surface area contributed by atoms with Crippen LogP contribution in [0, 0.1) is 0 Å². The highest BCUT2D eigenvalue weighted by Gasteiger charge is 2.51. The fraction of sp³-hybridized carbons (Fsp3) is 0.939. The lowest BCUT2D eigenvalue weighted by Gasteiger charge is -2.41. The fourth-order valence-corrected chi connectivity index (χ4v) is 9.38. The molecule has 0 aromatic heterocycles. The van der Waals surface area contributed by atoms with Crippen molar-refractivity contribution in [2.45, 2.75) is 287 Å². The summed E-state index contributed by atoms with van der Waals surface area (Å²) in [6, 6.07) is -1.16. The van der Waals surface area contributed by atoms with E-state index in [2.05, 4.69) is 31.3 Å². The normalized spacial score (nSPS) is 22.9. The van der Waals surface area contributed by atoms with E-state index in [4.69, 9.17) is 9.05 Å². The Labute approximate surface area is 382 Å². The van der Waals surface area contributed by atoms with Crippen LogP contribution in [0.1, 0.15) is 232 Å². The van der Waals surface area contributed by atoms with Gasteiger partial charge in [0, 0.05) is 0 Å². The molecule has 0 heterocycles. The molecule has 1 aliphatic rings. The molecule has 1 aliphatic carbocycles. The van der Waals surface area contributed by atoms with E-state index < -0.39 is 75.2 Å². The van der Waals surface area contributed by atoms with Gasteiger partial charge in [-0.15, -0.1) is 0 Å². The molecule has 0 saturated heterocycles. The second kappa shape index (κ2) is 39.1. The number of carbonyl (C=O) groups excluding carboxylic acids is 1. The summed E-state index contributed by atoms with van der Waals surface area (Å²) in [5.41, 5.74) is 0. The topological polar surface area (TPSA) is 226 Å². The van der Waals surface area contributed by atoms with Gasteiger partial charge < -0.3 is 46.0 Å². The van der Waals surface area contributed by atoms with Crippen LogP contribution in [0.15, 0.2) is 12.2 Å². The molecule has 0 aliphatic heterocycles. The van der Waals surface area contributed by atoms with Gasteiger partial charge in [-0.3, -0.25) is 13.8 Å². The Balaban J connectivity index is 2.47. The van der Waals surface area contributed by atoms with E-state index >= 15 is 0 Å². The lowest BCUT2D eigenvalue weighted by Crippen LogP contribution is -2.64. The summed E-state index contributed by atoms with van der Waals surface area (Å²) in [5.74, 6) is -0.566. The number of allylic oxidation sites excluding steroid dienone is 2. The van der Waals surface area contributed by atoms with Crippen molar-refractivity contribution < 1.29 is 59.0 Å². The second-order valence-corrected chi connectivity index (χ2v) is 20.0. The molecule has 14 heteroatoms.